The van der Waals surface area contributed by atoms with E-state index in [4.69, 9.17) is 0 Å². The number of aromatic nitrogens is 3. The lowest BCUT2D eigenvalue weighted by Crippen LogP contribution is -2.21. The lowest BCUT2D eigenvalue weighted by atomic mass is 10.1. The minimum absolute atomic E-state index is 0.278. The van der Waals surface area contributed by atoms with Crippen molar-refractivity contribution >= 4 is 17.3 Å². The normalized spacial score (nSPS) is 10.3. The maximum absolute atomic E-state index is 11.2. The van der Waals surface area contributed by atoms with Gasteiger partial charge in [0.1, 0.15) is 6.20 Å². The summed E-state index contributed by atoms with van der Waals surface area (Å²) >= 11 is 0. The summed E-state index contributed by atoms with van der Waals surface area (Å²) < 4.78 is 0. The lowest BCUT2D eigenvalue weighted by Gasteiger charge is -2.22. The quantitative estimate of drug-likeness (QED) is 0.872. The Labute approximate surface area is 117 Å². The average molecular weight is 273 g/mol. The van der Waals surface area contributed by atoms with Crippen LogP contribution in [0.1, 0.15) is 19.4 Å². The molecule has 6 nitrogen and oxygen atoms in total. The minimum atomic E-state index is -0.278. The zero-order valence-electron chi connectivity index (χ0n) is 12.0. The molecule has 0 aliphatic heterocycles. The SMILES string of the molecule is CCN(CC)c1ccc(Nc2nncc(=O)[nH]2)c(C)c1. The van der Waals surface area contributed by atoms with Crippen LogP contribution in [0.5, 0.6) is 0 Å². The van der Waals surface area contributed by atoms with E-state index in [1.54, 1.807) is 0 Å². The van der Waals surface area contributed by atoms with Gasteiger partial charge in [-0.1, -0.05) is 0 Å². The van der Waals surface area contributed by atoms with Gasteiger partial charge in [-0.3, -0.25) is 9.78 Å². The molecule has 1 heterocycles. The second kappa shape index (κ2) is 6.18. The number of H-pyrrole nitrogens is 1. The molecule has 1 aromatic carbocycles. The molecule has 0 atom stereocenters. The number of rotatable bonds is 5. The summed E-state index contributed by atoms with van der Waals surface area (Å²) in [5.74, 6) is 0.344. The van der Waals surface area contributed by atoms with Gasteiger partial charge in [0.15, 0.2) is 0 Å². The summed E-state index contributed by atoms with van der Waals surface area (Å²) in [5.41, 5.74) is 2.89. The minimum Gasteiger partial charge on any atom is -0.372 e. The molecule has 2 rings (SSSR count). The molecule has 0 saturated carbocycles. The van der Waals surface area contributed by atoms with Gasteiger partial charge in [-0.15, -0.1) is 10.2 Å². The van der Waals surface area contributed by atoms with Crippen molar-refractivity contribution in [3.8, 4) is 0 Å². The molecule has 0 fully saturated rings. The van der Waals surface area contributed by atoms with Gasteiger partial charge in [0, 0.05) is 24.5 Å². The molecule has 0 amide bonds. The maximum atomic E-state index is 11.2. The first kappa shape index (κ1) is 14.0. The van der Waals surface area contributed by atoms with E-state index in [9.17, 15) is 4.79 Å². The van der Waals surface area contributed by atoms with Crippen molar-refractivity contribution < 1.29 is 0 Å². The molecule has 6 heteroatoms. The Morgan fingerprint density at radius 2 is 2.05 bits per heavy atom. The van der Waals surface area contributed by atoms with Gasteiger partial charge in [0.2, 0.25) is 5.95 Å². The lowest BCUT2D eigenvalue weighted by molar-refractivity contribution is 0.865. The van der Waals surface area contributed by atoms with E-state index in [1.165, 1.54) is 5.69 Å². The Morgan fingerprint density at radius 3 is 2.65 bits per heavy atom. The predicted octanol–water partition coefficient (Wildman–Crippen LogP) is 2.06. The fourth-order valence-electron chi connectivity index (χ4n) is 2.07. The van der Waals surface area contributed by atoms with Crippen molar-refractivity contribution in [1.29, 1.82) is 0 Å². The molecule has 0 aliphatic carbocycles. The largest absolute Gasteiger partial charge is 0.372 e. The second-order valence-corrected chi connectivity index (χ2v) is 4.48. The average Bonchev–Trinajstić information content (AvgIpc) is 2.43. The van der Waals surface area contributed by atoms with Crippen LogP contribution in [-0.4, -0.2) is 28.3 Å². The number of hydrogen-bond donors (Lipinski definition) is 2. The van der Waals surface area contributed by atoms with Crippen molar-refractivity contribution in [3.63, 3.8) is 0 Å². The number of hydrogen-bond acceptors (Lipinski definition) is 5. The Kier molecular flexibility index (Phi) is 4.34. The predicted molar refractivity (Wildman–Crippen MR) is 80.7 cm³/mol. The molecular formula is C14H19N5O. The zero-order valence-corrected chi connectivity index (χ0v) is 12.0. The smallest absolute Gasteiger partial charge is 0.271 e. The molecule has 0 spiro atoms. The van der Waals surface area contributed by atoms with Gasteiger partial charge in [-0.25, -0.2) is 0 Å². The number of benzene rings is 1. The van der Waals surface area contributed by atoms with Crippen molar-refractivity contribution in [3.05, 3.63) is 40.3 Å². The molecule has 2 aromatic rings. The van der Waals surface area contributed by atoms with Crippen LogP contribution in [0.15, 0.2) is 29.2 Å². The Hall–Kier alpha value is -2.37. The molecule has 106 valence electrons. The van der Waals surface area contributed by atoms with Crippen LogP contribution >= 0.6 is 0 Å². The first-order valence-electron chi connectivity index (χ1n) is 6.68. The molecule has 1 aromatic heterocycles. The summed E-state index contributed by atoms with van der Waals surface area (Å²) in [6.45, 7) is 8.23. The highest BCUT2D eigenvalue weighted by Gasteiger charge is 2.06. The van der Waals surface area contributed by atoms with Gasteiger partial charge >= 0.3 is 0 Å². The van der Waals surface area contributed by atoms with Crippen LogP contribution in [0.3, 0.4) is 0 Å². The van der Waals surface area contributed by atoms with E-state index in [-0.39, 0.29) is 5.56 Å². The molecule has 0 saturated heterocycles. The van der Waals surface area contributed by atoms with Gasteiger partial charge in [0.05, 0.1) is 0 Å². The summed E-state index contributed by atoms with van der Waals surface area (Å²) in [7, 11) is 0. The number of anilines is 3. The standard InChI is InChI=1S/C14H19N5O/c1-4-19(5-2)11-6-7-12(10(3)8-11)16-14-17-13(20)9-15-18-14/h6-9H,4-5H2,1-3H3,(H2,16,17,18,20). The first-order valence-corrected chi connectivity index (χ1v) is 6.68. The van der Waals surface area contributed by atoms with Crippen LogP contribution in [0.25, 0.3) is 0 Å². The highest BCUT2D eigenvalue weighted by atomic mass is 16.1. The van der Waals surface area contributed by atoms with E-state index in [2.05, 4.69) is 51.4 Å². The van der Waals surface area contributed by atoms with Gasteiger partial charge in [-0.2, -0.15) is 0 Å². The Balaban J connectivity index is 2.24. The van der Waals surface area contributed by atoms with Crippen molar-refractivity contribution in [1.82, 2.24) is 15.2 Å². The van der Waals surface area contributed by atoms with Gasteiger partial charge in [0.25, 0.3) is 5.56 Å². The summed E-state index contributed by atoms with van der Waals surface area (Å²) in [5, 5.41) is 10.5. The number of aromatic amines is 1. The van der Waals surface area contributed by atoms with Crippen LogP contribution < -0.4 is 15.8 Å². The topological polar surface area (TPSA) is 73.9 Å². The first-order chi connectivity index (χ1) is 9.63. The molecule has 20 heavy (non-hydrogen) atoms. The monoisotopic (exact) mass is 273 g/mol. The van der Waals surface area contributed by atoms with Crippen molar-refractivity contribution in [2.75, 3.05) is 23.3 Å². The molecule has 0 aliphatic rings. The summed E-state index contributed by atoms with van der Waals surface area (Å²) in [6, 6.07) is 6.15. The van der Waals surface area contributed by atoms with Crippen LogP contribution in [0.2, 0.25) is 0 Å². The Bertz CT molecular complexity index is 633. The van der Waals surface area contributed by atoms with Gasteiger partial charge < -0.3 is 10.2 Å². The van der Waals surface area contributed by atoms with E-state index in [1.807, 2.05) is 13.0 Å². The summed E-state index contributed by atoms with van der Waals surface area (Å²) in [4.78, 5) is 16.1. The van der Waals surface area contributed by atoms with E-state index >= 15 is 0 Å². The van der Waals surface area contributed by atoms with Crippen LogP contribution in [0, 0.1) is 6.92 Å². The number of aryl methyl sites for hydroxylation is 1. The fraction of sp³-hybridized carbons (Fsp3) is 0.357. The van der Waals surface area contributed by atoms with Crippen molar-refractivity contribution in [2.45, 2.75) is 20.8 Å². The number of nitrogens with zero attached hydrogens (tertiary/aromatic N) is 3. The van der Waals surface area contributed by atoms with E-state index < -0.39 is 0 Å². The van der Waals surface area contributed by atoms with Crippen molar-refractivity contribution in [2.24, 2.45) is 0 Å². The second-order valence-electron chi connectivity index (χ2n) is 4.48. The molecular weight excluding hydrogens is 254 g/mol. The third-order valence-electron chi connectivity index (χ3n) is 3.17. The highest BCUT2D eigenvalue weighted by molar-refractivity contribution is 5.63. The van der Waals surface area contributed by atoms with Gasteiger partial charge in [-0.05, 0) is 44.5 Å². The van der Waals surface area contributed by atoms with E-state index in [0.717, 1.165) is 30.5 Å². The molecule has 0 unspecified atom stereocenters. The highest BCUT2D eigenvalue weighted by Crippen LogP contribution is 2.23. The summed E-state index contributed by atoms with van der Waals surface area (Å²) in [6.07, 6.45) is 1.14. The third kappa shape index (κ3) is 3.14. The maximum Gasteiger partial charge on any atom is 0.271 e. The number of nitrogens with one attached hydrogen (secondary N) is 2. The van der Waals surface area contributed by atoms with E-state index in [0.29, 0.717) is 5.95 Å². The third-order valence-corrected chi connectivity index (χ3v) is 3.17. The van der Waals surface area contributed by atoms with Crippen LogP contribution in [0.4, 0.5) is 17.3 Å². The Morgan fingerprint density at radius 1 is 1.30 bits per heavy atom. The molecule has 0 radical (unpaired) electrons. The fourth-order valence-corrected chi connectivity index (χ4v) is 2.07. The molecule has 2 N–H and O–H groups in total. The van der Waals surface area contributed by atoms with Crippen LogP contribution in [-0.2, 0) is 0 Å². The molecule has 0 bridgehead atoms. The zero-order chi connectivity index (χ0) is 14.5.